The van der Waals surface area contributed by atoms with Crippen LogP contribution in [-0.2, 0) is 4.79 Å². The van der Waals surface area contributed by atoms with E-state index in [1.54, 1.807) is 0 Å². The van der Waals surface area contributed by atoms with Crippen molar-refractivity contribution in [3.63, 3.8) is 0 Å². The van der Waals surface area contributed by atoms with Crippen LogP contribution in [0.3, 0.4) is 0 Å². The second kappa shape index (κ2) is 7.31. The SMILES string of the molecule is CCC1CN(CC(=O)Nc2ccc(C)c(C)c2)c2ccccc2S1. The Bertz CT molecular complexity index is 744. The third-order valence-electron chi connectivity index (χ3n) is 4.50. The van der Waals surface area contributed by atoms with Crippen LogP contribution in [0, 0.1) is 13.8 Å². The van der Waals surface area contributed by atoms with E-state index < -0.39 is 0 Å². The Morgan fingerprint density at radius 2 is 2.00 bits per heavy atom. The van der Waals surface area contributed by atoms with Gasteiger partial charge in [0, 0.05) is 22.4 Å². The molecule has 0 aliphatic carbocycles. The Hall–Kier alpha value is -1.94. The number of anilines is 2. The molecule has 0 saturated heterocycles. The molecule has 1 unspecified atom stereocenters. The summed E-state index contributed by atoms with van der Waals surface area (Å²) in [5.74, 6) is 0.0369. The minimum Gasteiger partial charge on any atom is -0.360 e. The van der Waals surface area contributed by atoms with E-state index in [1.165, 1.54) is 21.7 Å². The molecule has 0 fully saturated rings. The van der Waals surface area contributed by atoms with Gasteiger partial charge in [-0.05, 0) is 55.7 Å². The van der Waals surface area contributed by atoms with Gasteiger partial charge in [0.1, 0.15) is 0 Å². The maximum atomic E-state index is 12.5. The lowest BCUT2D eigenvalue weighted by Gasteiger charge is -2.34. The normalized spacial score (nSPS) is 16.6. The molecular formula is C20H24N2OS. The molecule has 0 aromatic heterocycles. The average molecular weight is 340 g/mol. The molecule has 0 bridgehead atoms. The summed E-state index contributed by atoms with van der Waals surface area (Å²) in [5, 5.41) is 3.57. The summed E-state index contributed by atoms with van der Waals surface area (Å²) in [5.41, 5.74) is 4.47. The summed E-state index contributed by atoms with van der Waals surface area (Å²) in [6.45, 7) is 7.65. The minimum absolute atomic E-state index is 0.0369. The molecule has 1 aliphatic rings. The molecular weight excluding hydrogens is 316 g/mol. The van der Waals surface area contributed by atoms with Crippen molar-refractivity contribution in [2.45, 2.75) is 37.3 Å². The first-order valence-electron chi connectivity index (χ1n) is 8.44. The average Bonchev–Trinajstić information content (AvgIpc) is 2.58. The van der Waals surface area contributed by atoms with Crippen LogP contribution in [0.5, 0.6) is 0 Å². The maximum absolute atomic E-state index is 12.5. The van der Waals surface area contributed by atoms with Gasteiger partial charge in [0.15, 0.2) is 0 Å². The largest absolute Gasteiger partial charge is 0.360 e. The monoisotopic (exact) mass is 340 g/mol. The Kier molecular flexibility index (Phi) is 5.14. The predicted molar refractivity (Wildman–Crippen MR) is 103 cm³/mol. The second-order valence-electron chi connectivity index (χ2n) is 6.34. The number of amides is 1. The van der Waals surface area contributed by atoms with Crippen LogP contribution in [0.2, 0.25) is 0 Å². The fourth-order valence-electron chi connectivity index (χ4n) is 2.93. The first-order chi connectivity index (χ1) is 11.6. The molecule has 0 radical (unpaired) electrons. The summed E-state index contributed by atoms with van der Waals surface area (Å²) in [6, 6.07) is 14.4. The second-order valence-corrected chi connectivity index (χ2v) is 7.69. The van der Waals surface area contributed by atoms with Crippen molar-refractivity contribution in [1.82, 2.24) is 0 Å². The van der Waals surface area contributed by atoms with E-state index in [1.807, 2.05) is 36.0 Å². The number of benzene rings is 2. The van der Waals surface area contributed by atoms with Crippen LogP contribution in [-0.4, -0.2) is 24.2 Å². The van der Waals surface area contributed by atoms with Gasteiger partial charge in [-0.2, -0.15) is 0 Å². The highest BCUT2D eigenvalue weighted by molar-refractivity contribution is 8.00. The first kappa shape index (κ1) is 16.9. The molecule has 24 heavy (non-hydrogen) atoms. The van der Waals surface area contributed by atoms with Gasteiger partial charge in [-0.15, -0.1) is 11.8 Å². The molecule has 1 aliphatic heterocycles. The molecule has 1 amide bonds. The highest BCUT2D eigenvalue weighted by atomic mass is 32.2. The molecule has 1 heterocycles. The van der Waals surface area contributed by atoms with Crippen LogP contribution in [0.25, 0.3) is 0 Å². The molecule has 3 rings (SSSR count). The molecule has 1 atom stereocenters. The number of thioether (sulfide) groups is 1. The van der Waals surface area contributed by atoms with Crippen molar-refractivity contribution in [1.29, 1.82) is 0 Å². The fraction of sp³-hybridized carbons (Fsp3) is 0.350. The molecule has 4 heteroatoms. The lowest BCUT2D eigenvalue weighted by molar-refractivity contribution is -0.115. The van der Waals surface area contributed by atoms with Crippen molar-refractivity contribution < 1.29 is 4.79 Å². The van der Waals surface area contributed by atoms with E-state index in [4.69, 9.17) is 0 Å². The Morgan fingerprint density at radius 3 is 2.75 bits per heavy atom. The van der Waals surface area contributed by atoms with E-state index in [2.05, 4.69) is 49.2 Å². The topological polar surface area (TPSA) is 32.3 Å². The quantitative estimate of drug-likeness (QED) is 0.880. The third-order valence-corrected chi connectivity index (χ3v) is 5.92. The molecule has 0 spiro atoms. The number of hydrogen-bond donors (Lipinski definition) is 1. The van der Waals surface area contributed by atoms with E-state index in [0.29, 0.717) is 11.8 Å². The van der Waals surface area contributed by atoms with Gasteiger partial charge in [0.2, 0.25) is 5.91 Å². The zero-order valence-electron chi connectivity index (χ0n) is 14.5. The lowest BCUT2D eigenvalue weighted by Crippen LogP contribution is -2.40. The van der Waals surface area contributed by atoms with Gasteiger partial charge < -0.3 is 10.2 Å². The Labute approximate surface area is 148 Å². The molecule has 1 N–H and O–H groups in total. The number of nitrogens with one attached hydrogen (secondary N) is 1. The molecule has 0 saturated carbocycles. The standard InChI is InChI=1S/C20H24N2OS/c1-4-17-12-22(18-7-5-6-8-19(18)24-17)13-20(23)21-16-10-9-14(2)15(3)11-16/h5-11,17H,4,12-13H2,1-3H3,(H,21,23). The third kappa shape index (κ3) is 3.75. The molecule has 2 aromatic rings. The smallest absolute Gasteiger partial charge is 0.243 e. The van der Waals surface area contributed by atoms with Gasteiger partial charge in [0.25, 0.3) is 0 Å². The van der Waals surface area contributed by atoms with Crippen LogP contribution < -0.4 is 10.2 Å². The van der Waals surface area contributed by atoms with Crippen molar-refractivity contribution in [3.05, 3.63) is 53.6 Å². The maximum Gasteiger partial charge on any atom is 0.243 e. The molecule has 126 valence electrons. The number of carbonyl (C=O) groups excluding carboxylic acids is 1. The number of aryl methyl sites for hydroxylation is 2. The van der Waals surface area contributed by atoms with Crippen LogP contribution in [0.4, 0.5) is 11.4 Å². The van der Waals surface area contributed by atoms with Gasteiger partial charge in [0.05, 0.1) is 12.2 Å². The fourth-order valence-corrected chi connectivity index (χ4v) is 4.19. The number of fused-ring (bicyclic) bond motifs is 1. The van der Waals surface area contributed by atoms with Crippen molar-refractivity contribution in [2.75, 3.05) is 23.3 Å². The van der Waals surface area contributed by atoms with Crippen molar-refractivity contribution >= 4 is 29.0 Å². The number of para-hydroxylation sites is 1. The molecule has 2 aromatic carbocycles. The number of rotatable bonds is 4. The van der Waals surface area contributed by atoms with Gasteiger partial charge in [-0.1, -0.05) is 25.1 Å². The lowest BCUT2D eigenvalue weighted by atomic mass is 10.1. The predicted octanol–water partition coefficient (Wildman–Crippen LogP) is 4.63. The summed E-state index contributed by atoms with van der Waals surface area (Å²) >= 11 is 1.92. The zero-order chi connectivity index (χ0) is 17.1. The first-order valence-corrected chi connectivity index (χ1v) is 9.32. The highest BCUT2D eigenvalue weighted by Crippen LogP contribution is 2.39. The van der Waals surface area contributed by atoms with Crippen molar-refractivity contribution in [3.8, 4) is 0 Å². The highest BCUT2D eigenvalue weighted by Gasteiger charge is 2.25. The van der Waals surface area contributed by atoms with E-state index >= 15 is 0 Å². The number of carbonyl (C=O) groups is 1. The van der Waals surface area contributed by atoms with Crippen LogP contribution >= 0.6 is 11.8 Å². The molecule has 3 nitrogen and oxygen atoms in total. The number of nitrogens with zero attached hydrogens (tertiary/aromatic N) is 1. The summed E-state index contributed by atoms with van der Waals surface area (Å²) in [4.78, 5) is 16.0. The van der Waals surface area contributed by atoms with E-state index in [-0.39, 0.29) is 5.91 Å². The van der Waals surface area contributed by atoms with E-state index in [9.17, 15) is 4.79 Å². The van der Waals surface area contributed by atoms with Crippen LogP contribution in [0.15, 0.2) is 47.4 Å². The van der Waals surface area contributed by atoms with Gasteiger partial charge in [-0.25, -0.2) is 0 Å². The number of hydrogen-bond acceptors (Lipinski definition) is 3. The Balaban J connectivity index is 1.72. The minimum atomic E-state index is 0.0369. The summed E-state index contributed by atoms with van der Waals surface area (Å²) in [7, 11) is 0. The summed E-state index contributed by atoms with van der Waals surface area (Å²) < 4.78 is 0. The van der Waals surface area contributed by atoms with Crippen LogP contribution in [0.1, 0.15) is 24.5 Å². The Morgan fingerprint density at radius 1 is 1.21 bits per heavy atom. The zero-order valence-corrected chi connectivity index (χ0v) is 15.3. The van der Waals surface area contributed by atoms with Gasteiger partial charge >= 0.3 is 0 Å². The van der Waals surface area contributed by atoms with Gasteiger partial charge in [-0.3, -0.25) is 4.79 Å². The summed E-state index contributed by atoms with van der Waals surface area (Å²) in [6.07, 6.45) is 1.11. The van der Waals surface area contributed by atoms with E-state index in [0.717, 1.165) is 18.7 Å². The van der Waals surface area contributed by atoms with Crippen molar-refractivity contribution in [2.24, 2.45) is 0 Å².